The van der Waals surface area contributed by atoms with E-state index in [9.17, 15) is 21.2 Å². The number of nitrogens with zero attached hydrogens (tertiary/aromatic N) is 4. The van der Waals surface area contributed by atoms with Crippen molar-refractivity contribution in [2.24, 2.45) is 0 Å². The van der Waals surface area contributed by atoms with Gasteiger partial charge in [-0.2, -0.15) is 8.61 Å². The van der Waals surface area contributed by atoms with E-state index in [1.165, 1.54) is 39.3 Å². The Kier molecular flexibility index (Phi) is 6.08. The maximum Gasteiger partial charge on any atom is 0.243 e. The lowest BCUT2D eigenvalue weighted by Crippen LogP contribution is -2.50. The SMILES string of the molecule is CS(=O)(=O)N1CCN(S(=O)(=O)c2ccccc2-c2ccc(-c3cnccn3)c(F)c2)CC1. The van der Waals surface area contributed by atoms with Crippen LogP contribution in [0, 0.1) is 5.82 Å². The number of halogens is 1. The first-order valence-electron chi connectivity index (χ1n) is 9.78. The monoisotopic (exact) mass is 476 g/mol. The molecule has 0 radical (unpaired) electrons. The van der Waals surface area contributed by atoms with Gasteiger partial charge in [-0.25, -0.2) is 21.2 Å². The largest absolute Gasteiger partial charge is 0.261 e. The third kappa shape index (κ3) is 4.42. The van der Waals surface area contributed by atoms with Gasteiger partial charge in [-0.05, 0) is 23.8 Å². The average molecular weight is 477 g/mol. The first kappa shape index (κ1) is 22.5. The molecule has 1 aliphatic rings. The normalized spacial score (nSPS) is 16.2. The molecular formula is C21H21FN4O4S2. The number of hydrogen-bond donors (Lipinski definition) is 0. The van der Waals surface area contributed by atoms with Crippen molar-refractivity contribution in [2.45, 2.75) is 4.90 Å². The molecule has 2 aromatic carbocycles. The van der Waals surface area contributed by atoms with E-state index in [1.54, 1.807) is 30.3 Å². The van der Waals surface area contributed by atoms with Gasteiger partial charge in [0.2, 0.25) is 20.0 Å². The average Bonchev–Trinajstić information content (AvgIpc) is 2.79. The van der Waals surface area contributed by atoms with Crippen molar-refractivity contribution in [3.8, 4) is 22.4 Å². The van der Waals surface area contributed by atoms with Crippen LogP contribution in [0.25, 0.3) is 22.4 Å². The summed E-state index contributed by atoms with van der Waals surface area (Å²) in [5.41, 5.74) is 1.41. The summed E-state index contributed by atoms with van der Waals surface area (Å²) in [5, 5.41) is 0. The Bertz CT molecular complexity index is 1340. The molecule has 3 aromatic rings. The number of rotatable bonds is 5. The van der Waals surface area contributed by atoms with Crippen molar-refractivity contribution in [3.63, 3.8) is 0 Å². The molecule has 0 atom stereocenters. The van der Waals surface area contributed by atoms with Crippen LogP contribution in [0.15, 0.2) is 66.0 Å². The van der Waals surface area contributed by atoms with Crippen LogP contribution in [0.3, 0.4) is 0 Å². The highest BCUT2D eigenvalue weighted by atomic mass is 32.2. The van der Waals surface area contributed by atoms with Crippen LogP contribution in [0.2, 0.25) is 0 Å². The molecular weight excluding hydrogens is 455 g/mol. The Morgan fingerprint density at radius 3 is 2.19 bits per heavy atom. The molecule has 32 heavy (non-hydrogen) atoms. The highest BCUT2D eigenvalue weighted by molar-refractivity contribution is 7.89. The van der Waals surface area contributed by atoms with Crippen LogP contribution in [0.1, 0.15) is 0 Å². The minimum absolute atomic E-state index is 0.0412. The van der Waals surface area contributed by atoms with Crippen LogP contribution >= 0.6 is 0 Å². The minimum Gasteiger partial charge on any atom is -0.261 e. The Morgan fingerprint density at radius 2 is 1.56 bits per heavy atom. The molecule has 0 bridgehead atoms. The second-order valence-electron chi connectivity index (χ2n) is 7.35. The van der Waals surface area contributed by atoms with Crippen LogP contribution in [-0.2, 0) is 20.0 Å². The Hall–Kier alpha value is -2.73. The van der Waals surface area contributed by atoms with Gasteiger partial charge in [-0.1, -0.05) is 24.3 Å². The Morgan fingerprint density at radius 1 is 0.875 bits per heavy atom. The lowest BCUT2D eigenvalue weighted by Gasteiger charge is -2.32. The third-order valence-corrected chi connectivity index (χ3v) is 8.55. The fraction of sp³-hybridized carbons (Fsp3) is 0.238. The first-order valence-corrected chi connectivity index (χ1v) is 13.1. The molecule has 0 aliphatic carbocycles. The van der Waals surface area contributed by atoms with Crippen molar-refractivity contribution >= 4 is 20.0 Å². The maximum atomic E-state index is 14.9. The summed E-state index contributed by atoms with van der Waals surface area (Å²) in [6.45, 7) is 0.261. The van der Waals surface area contributed by atoms with Gasteiger partial charge >= 0.3 is 0 Å². The van der Waals surface area contributed by atoms with E-state index in [0.29, 0.717) is 16.8 Å². The second-order valence-corrected chi connectivity index (χ2v) is 11.2. The Labute approximate surface area is 186 Å². The smallest absolute Gasteiger partial charge is 0.243 e. The second kappa shape index (κ2) is 8.66. The fourth-order valence-corrected chi connectivity index (χ4v) is 6.10. The van der Waals surface area contributed by atoms with E-state index >= 15 is 0 Å². The van der Waals surface area contributed by atoms with Crippen LogP contribution in [0.5, 0.6) is 0 Å². The molecule has 11 heteroatoms. The van der Waals surface area contributed by atoms with Crippen LogP contribution in [0.4, 0.5) is 4.39 Å². The van der Waals surface area contributed by atoms with Gasteiger partial charge in [0.05, 0.1) is 23.0 Å². The summed E-state index contributed by atoms with van der Waals surface area (Å²) in [6, 6.07) is 10.8. The van der Waals surface area contributed by atoms with E-state index in [-0.39, 0.29) is 36.6 Å². The molecule has 2 heterocycles. The third-order valence-electron chi connectivity index (χ3n) is 5.29. The number of hydrogen-bond acceptors (Lipinski definition) is 6. The zero-order valence-electron chi connectivity index (χ0n) is 17.2. The van der Waals surface area contributed by atoms with Crippen molar-refractivity contribution in [2.75, 3.05) is 32.4 Å². The van der Waals surface area contributed by atoms with E-state index in [2.05, 4.69) is 9.97 Å². The quantitative estimate of drug-likeness (QED) is 0.560. The maximum absolute atomic E-state index is 14.9. The van der Waals surface area contributed by atoms with E-state index in [0.717, 1.165) is 6.26 Å². The van der Waals surface area contributed by atoms with E-state index in [1.807, 2.05) is 0 Å². The standard InChI is InChI=1S/C21H21FN4O4S2/c1-31(27,28)25-10-12-26(13-11-25)32(29,30)21-5-3-2-4-17(21)16-6-7-18(19(22)14-16)20-15-23-8-9-24-20/h2-9,14-15H,10-13H2,1H3. The van der Waals surface area contributed by atoms with E-state index in [4.69, 9.17) is 0 Å². The highest BCUT2D eigenvalue weighted by Crippen LogP contribution is 2.32. The summed E-state index contributed by atoms with van der Waals surface area (Å²) in [4.78, 5) is 8.09. The summed E-state index contributed by atoms with van der Waals surface area (Å²) in [7, 11) is -7.30. The predicted octanol–water partition coefficient (Wildman–Crippen LogP) is 2.22. The lowest BCUT2D eigenvalue weighted by atomic mass is 10.0. The molecule has 1 aromatic heterocycles. The zero-order chi connectivity index (χ0) is 22.9. The van der Waals surface area contributed by atoms with Crippen molar-refractivity contribution in [1.29, 1.82) is 0 Å². The van der Waals surface area contributed by atoms with E-state index < -0.39 is 25.9 Å². The molecule has 4 rings (SSSR count). The molecule has 1 aliphatic heterocycles. The molecule has 0 saturated carbocycles. The first-order chi connectivity index (χ1) is 15.2. The van der Waals surface area contributed by atoms with Gasteiger partial charge in [-0.15, -0.1) is 0 Å². The minimum atomic E-state index is -3.92. The molecule has 0 amide bonds. The predicted molar refractivity (Wildman–Crippen MR) is 118 cm³/mol. The van der Waals surface area contributed by atoms with Crippen molar-refractivity contribution in [1.82, 2.24) is 18.6 Å². The molecule has 1 fully saturated rings. The highest BCUT2D eigenvalue weighted by Gasteiger charge is 2.32. The summed E-state index contributed by atoms with van der Waals surface area (Å²) < 4.78 is 67.6. The molecule has 0 spiro atoms. The topological polar surface area (TPSA) is 101 Å². The lowest BCUT2D eigenvalue weighted by molar-refractivity contribution is 0.274. The van der Waals surface area contributed by atoms with Gasteiger partial charge in [0, 0.05) is 49.7 Å². The van der Waals surface area contributed by atoms with Gasteiger partial charge in [0.15, 0.2) is 0 Å². The molecule has 0 unspecified atom stereocenters. The van der Waals surface area contributed by atoms with Crippen molar-refractivity contribution in [3.05, 3.63) is 66.9 Å². The number of piperazine rings is 1. The zero-order valence-corrected chi connectivity index (χ0v) is 18.9. The summed E-state index contributed by atoms with van der Waals surface area (Å²) in [6.07, 6.45) is 5.51. The summed E-state index contributed by atoms with van der Waals surface area (Å²) in [5.74, 6) is -0.544. The van der Waals surface area contributed by atoms with Crippen LogP contribution in [-0.4, -0.2) is 67.8 Å². The molecule has 0 N–H and O–H groups in total. The number of aromatic nitrogens is 2. The van der Waals surface area contributed by atoms with Crippen molar-refractivity contribution < 1.29 is 21.2 Å². The Balaban J connectivity index is 1.67. The molecule has 1 saturated heterocycles. The number of sulfonamides is 2. The van der Waals surface area contributed by atoms with Gasteiger partial charge < -0.3 is 0 Å². The number of benzene rings is 2. The summed E-state index contributed by atoms with van der Waals surface area (Å²) >= 11 is 0. The molecule has 8 nitrogen and oxygen atoms in total. The van der Waals surface area contributed by atoms with Gasteiger partial charge in [0.1, 0.15) is 5.82 Å². The van der Waals surface area contributed by atoms with Gasteiger partial charge in [0.25, 0.3) is 0 Å². The molecule has 168 valence electrons. The van der Waals surface area contributed by atoms with Gasteiger partial charge in [-0.3, -0.25) is 9.97 Å². The van der Waals surface area contributed by atoms with Crippen LogP contribution < -0.4 is 0 Å². The fourth-order valence-electron chi connectivity index (χ4n) is 3.64.